The molecule has 0 aromatic rings. The molecule has 4 heteroatoms. The zero-order chi connectivity index (χ0) is 17.6. The maximum atomic E-state index is 12.7. The van der Waals surface area contributed by atoms with Crippen LogP contribution in [-0.4, -0.2) is 37.8 Å². The van der Waals surface area contributed by atoms with Gasteiger partial charge in [-0.1, -0.05) is 39.7 Å². The number of hydrogen-bond acceptors (Lipinski definition) is 2. The molecule has 3 nitrogen and oxygen atoms in total. The van der Waals surface area contributed by atoms with Crippen molar-refractivity contribution in [1.29, 1.82) is 0 Å². The van der Waals surface area contributed by atoms with Crippen molar-refractivity contribution in [3.63, 3.8) is 0 Å². The summed E-state index contributed by atoms with van der Waals surface area (Å²) in [5.74, 6) is 0.652. The van der Waals surface area contributed by atoms with E-state index in [9.17, 15) is 4.79 Å². The number of carbonyl (C=O) groups is 1. The molecule has 1 saturated heterocycles. The molecule has 2 aliphatic rings. The molecule has 138 valence electrons. The van der Waals surface area contributed by atoms with Crippen molar-refractivity contribution in [2.24, 2.45) is 5.92 Å². The van der Waals surface area contributed by atoms with Crippen LogP contribution in [0, 0.1) is 5.92 Å². The van der Waals surface area contributed by atoms with E-state index in [4.69, 9.17) is 4.43 Å². The molecule has 0 bridgehead atoms. The van der Waals surface area contributed by atoms with Gasteiger partial charge in [-0.3, -0.25) is 4.79 Å². The molecule has 0 radical (unpaired) electrons. The number of amides is 1. The summed E-state index contributed by atoms with van der Waals surface area (Å²) in [7, 11) is -1.72. The normalized spacial score (nSPS) is 28.1. The summed E-state index contributed by atoms with van der Waals surface area (Å²) in [4.78, 5) is 14.8. The molecule has 2 fully saturated rings. The Balaban J connectivity index is 2.16. The third-order valence-electron chi connectivity index (χ3n) is 6.63. The van der Waals surface area contributed by atoms with Gasteiger partial charge in [-0.2, -0.15) is 0 Å². The van der Waals surface area contributed by atoms with Crippen molar-refractivity contribution in [2.75, 3.05) is 13.1 Å². The van der Waals surface area contributed by atoms with Crippen LogP contribution in [0.3, 0.4) is 0 Å². The average Bonchev–Trinajstić information content (AvgIpc) is 3.16. The second-order valence-corrected chi connectivity index (χ2v) is 12.4. The molecule has 1 heterocycles. The first kappa shape index (κ1) is 19.7. The minimum absolute atomic E-state index is 0.262. The zero-order valence-electron chi connectivity index (χ0n) is 16.1. The molecule has 1 aliphatic carbocycles. The zero-order valence-corrected chi connectivity index (χ0v) is 17.1. The molecule has 0 spiro atoms. The van der Waals surface area contributed by atoms with Gasteiger partial charge in [-0.25, -0.2) is 0 Å². The summed E-state index contributed by atoms with van der Waals surface area (Å²) in [6.07, 6.45) is 9.60. The third kappa shape index (κ3) is 4.13. The fourth-order valence-electron chi connectivity index (χ4n) is 4.64. The summed E-state index contributed by atoms with van der Waals surface area (Å²) in [6.45, 7) is 12.9. The van der Waals surface area contributed by atoms with E-state index in [1.165, 1.54) is 12.8 Å². The Morgan fingerprint density at radius 2 is 1.79 bits per heavy atom. The van der Waals surface area contributed by atoms with Crippen LogP contribution in [-0.2, 0) is 9.22 Å². The standard InChI is InChI=1S/C20H37NO2Si/c1-5-20(23-24(6-2,7-3)8-4)14-10-9-13-18(20)17-19(22)21-15-11-12-16-21/h5,18H,1,6-17H2,2-4H3/t18-,20-/m1/s1. The van der Waals surface area contributed by atoms with Gasteiger partial charge in [0.15, 0.2) is 8.32 Å². The molecule has 2 atom stereocenters. The monoisotopic (exact) mass is 351 g/mol. The summed E-state index contributed by atoms with van der Waals surface area (Å²) < 4.78 is 6.99. The van der Waals surface area contributed by atoms with E-state index in [2.05, 4.69) is 38.3 Å². The van der Waals surface area contributed by atoms with Gasteiger partial charge in [0.25, 0.3) is 0 Å². The summed E-state index contributed by atoms with van der Waals surface area (Å²) >= 11 is 0. The van der Waals surface area contributed by atoms with E-state index >= 15 is 0 Å². The predicted octanol–water partition coefficient (Wildman–Crippen LogP) is 5.14. The minimum Gasteiger partial charge on any atom is -0.408 e. The van der Waals surface area contributed by atoms with E-state index in [-0.39, 0.29) is 5.60 Å². The Labute approximate surface area is 150 Å². The summed E-state index contributed by atoms with van der Waals surface area (Å²) in [5, 5.41) is 0. The van der Waals surface area contributed by atoms with Crippen LogP contribution in [0.25, 0.3) is 0 Å². The Morgan fingerprint density at radius 1 is 1.17 bits per heavy atom. The predicted molar refractivity (Wildman–Crippen MR) is 104 cm³/mol. The van der Waals surface area contributed by atoms with E-state index in [0.29, 0.717) is 18.2 Å². The number of hydrogen-bond donors (Lipinski definition) is 0. The smallest absolute Gasteiger partial charge is 0.222 e. The van der Waals surface area contributed by atoms with Gasteiger partial charge in [0.05, 0.1) is 5.60 Å². The summed E-state index contributed by atoms with van der Waals surface area (Å²) in [6, 6.07) is 3.47. The second-order valence-electron chi connectivity index (χ2n) is 7.74. The van der Waals surface area contributed by atoms with Crippen LogP contribution in [0.2, 0.25) is 18.1 Å². The lowest BCUT2D eigenvalue weighted by molar-refractivity contribution is -0.133. The van der Waals surface area contributed by atoms with Crippen molar-refractivity contribution in [2.45, 2.75) is 89.5 Å². The van der Waals surface area contributed by atoms with Crippen molar-refractivity contribution >= 4 is 14.2 Å². The first-order chi connectivity index (χ1) is 11.5. The number of nitrogens with zero attached hydrogens (tertiary/aromatic N) is 1. The van der Waals surface area contributed by atoms with Gasteiger partial charge in [-0.05, 0) is 49.7 Å². The van der Waals surface area contributed by atoms with Crippen molar-refractivity contribution in [3.8, 4) is 0 Å². The minimum atomic E-state index is -1.72. The largest absolute Gasteiger partial charge is 0.408 e. The van der Waals surface area contributed by atoms with Gasteiger partial charge >= 0.3 is 0 Å². The Bertz CT molecular complexity index is 421. The molecule has 1 aliphatic heterocycles. The molecule has 2 rings (SSSR count). The highest BCUT2D eigenvalue weighted by Gasteiger charge is 2.46. The SMILES string of the molecule is C=C[C@@]1(O[Si](CC)(CC)CC)CCCC[C@@H]1CC(=O)N1CCCC1. The second kappa shape index (κ2) is 8.66. The van der Waals surface area contributed by atoms with Crippen molar-refractivity contribution < 1.29 is 9.22 Å². The molecule has 0 aromatic carbocycles. The fourth-order valence-corrected chi connectivity index (χ4v) is 7.73. The first-order valence-electron chi connectivity index (χ1n) is 10.2. The van der Waals surface area contributed by atoms with E-state index < -0.39 is 8.32 Å². The van der Waals surface area contributed by atoms with E-state index in [1.807, 2.05) is 0 Å². The van der Waals surface area contributed by atoms with Crippen LogP contribution < -0.4 is 0 Å². The van der Waals surface area contributed by atoms with Crippen LogP contribution in [0.5, 0.6) is 0 Å². The maximum absolute atomic E-state index is 12.7. The maximum Gasteiger partial charge on any atom is 0.222 e. The van der Waals surface area contributed by atoms with Gasteiger partial charge in [0.1, 0.15) is 0 Å². The quantitative estimate of drug-likeness (QED) is 0.448. The molecule has 1 saturated carbocycles. The number of carbonyl (C=O) groups excluding carboxylic acids is 1. The lowest BCUT2D eigenvalue weighted by atomic mass is 9.73. The average molecular weight is 352 g/mol. The van der Waals surface area contributed by atoms with Crippen molar-refractivity contribution in [3.05, 3.63) is 12.7 Å². The molecule has 24 heavy (non-hydrogen) atoms. The van der Waals surface area contributed by atoms with Gasteiger partial charge < -0.3 is 9.33 Å². The highest BCUT2D eigenvalue weighted by atomic mass is 28.4. The highest BCUT2D eigenvalue weighted by molar-refractivity contribution is 6.73. The molecule has 0 N–H and O–H groups in total. The molecular weight excluding hydrogens is 314 g/mol. The Kier molecular flexibility index (Phi) is 7.11. The Morgan fingerprint density at radius 3 is 2.33 bits per heavy atom. The van der Waals surface area contributed by atoms with Gasteiger partial charge in [0, 0.05) is 19.5 Å². The van der Waals surface area contributed by atoms with E-state index in [0.717, 1.165) is 56.9 Å². The third-order valence-corrected chi connectivity index (χ3v) is 11.3. The van der Waals surface area contributed by atoms with Crippen LogP contribution in [0.1, 0.15) is 65.7 Å². The molecule has 0 aromatic heterocycles. The number of likely N-dealkylation sites (tertiary alicyclic amines) is 1. The van der Waals surface area contributed by atoms with Crippen molar-refractivity contribution in [1.82, 2.24) is 4.90 Å². The van der Waals surface area contributed by atoms with Gasteiger partial charge in [0.2, 0.25) is 5.91 Å². The molecule has 0 unspecified atom stereocenters. The Hall–Kier alpha value is -0.613. The molecular formula is C20H37NO2Si. The molecule has 1 amide bonds. The highest BCUT2D eigenvalue weighted by Crippen LogP contribution is 2.44. The lowest BCUT2D eigenvalue weighted by Crippen LogP contribution is -2.52. The fraction of sp³-hybridized carbons (Fsp3) is 0.850. The van der Waals surface area contributed by atoms with E-state index in [1.54, 1.807) is 0 Å². The van der Waals surface area contributed by atoms with Crippen LogP contribution in [0.15, 0.2) is 12.7 Å². The first-order valence-corrected chi connectivity index (χ1v) is 12.7. The lowest BCUT2D eigenvalue weighted by Gasteiger charge is -2.48. The topological polar surface area (TPSA) is 29.5 Å². The van der Waals surface area contributed by atoms with Crippen LogP contribution in [0.4, 0.5) is 0 Å². The number of rotatable bonds is 8. The summed E-state index contributed by atoms with van der Waals surface area (Å²) in [5.41, 5.74) is -0.262. The van der Waals surface area contributed by atoms with Gasteiger partial charge in [-0.15, -0.1) is 6.58 Å². The van der Waals surface area contributed by atoms with Crippen LogP contribution >= 0.6 is 0 Å².